The van der Waals surface area contributed by atoms with Gasteiger partial charge >= 0.3 is 0 Å². The molecule has 8 heteroatoms. The maximum absolute atomic E-state index is 13.1. The summed E-state index contributed by atoms with van der Waals surface area (Å²) in [4.78, 5) is 21.4. The number of nitrogens with two attached hydrogens (primary N) is 1. The molecule has 0 unspecified atom stereocenters. The molecule has 0 saturated carbocycles. The van der Waals surface area contributed by atoms with Gasteiger partial charge in [0.2, 0.25) is 0 Å². The zero-order valence-electron chi connectivity index (χ0n) is 15.0. The number of aryl methyl sites for hydroxylation is 1. The van der Waals surface area contributed by atoms with Crippen LogP contribution in [0.5, 0.6) is 0 Å². The van der Waals surface area contributed by atoms with Crippen LogP contribution < -0.4 is 5.73 Å². The van der Waals surface area contributed by atoms with E-state index in [9.17, 15) is 4.79 Å². The predicted octanol–water partition coefficient (Wildman–Crippen LogP) is 5.01. The normalized spacial score (nSPS) is 10.0. The molecule has 0 saturated heterocycles. The lowest BCUT2D eigenvalue weighted by Crippen LogP contribution is -2.32. The smallest absolute Gasteiger partial charge is 0.266 e. The third kappa shape index (κ3) is 6.02. The summed E-state index contributed by atoms with van der Waals surface area (Å²) in [5.41, 5.74) is 7.58. The number of amides is 1. The second-order valence-electron chi connectivity index (χ2n) is 5.77. The summed E-state index contributed by atoms with van der Waals surface area (Å²) in [7, 11) is 0. The summed E-state index contributed by atoms with van der Waals surface area (Å²) in [5.74, 6) is 0.0371. The molecule has 0 radical (unpaired) electrons. The van der Waals surface area contributed by atoms with Crippen LogP contribution in [0.1, 0.15) is 27.3 Å². The number of hydrogen-bond acceptors (Lipinski definition) is 5. The highest BCUT2D eigenvalue weighted by molar-refractivity contribution is 7.22. The highest BCUT2D eigenvalue weighted by Gasteiger charge is 2.22. The summed E-state index contributed by atoms with van der Waals surface area (Å²) < 4.78 is 0. The topological polar surface area (TPSA) is 59.2 Å². The Kier molecular flexibility index (Phi) is 9.98. The molecule has 4 nitrogen and oxygen atoms in total. The summed E-state index contributed by atoms with van der Waals surface area (Å²) in [6.45, 7) is 3.71. The largest absolute Gasteiger partial charge is 0.334 e. The van der Waals surface area contributed by atoms with E-state index in [1.165, 1.54) is 11.3 Å². The van der Waals surface area contributed by atoms with Crippen LogP contribution >= 0.6 is 47.5 Å². The first-order valence-electron chi connectivity index (χ1n) is 8.23. The fraction of sp³-hybridized carbons (Fsp3) is 0.263. The predicted molar refractivity (Wildman–Crippen MR) is 120 cm³/mol. The molecule has 0 bridgehead atoms. The van der Waals surface area contributed by atoms with Crippen LogP contribution in [-0.2, 0) is 6.54 Å². The number of thiophene rings is 1. The number of rotatable bonds is 7. The minimum atomic E-state index is 0. The Hall–Kier alpha value is -1.44. The van der Waals surface area contributed by atoms with Gasteiger partial charge in [0.15, 0.2) is 0 Å². The zero-order chi connectivity index (χ0) is 17.6. The highest BCUT2D eigenvalue weighted by Crippen LogP contribution is 2.32. The molecule has 2 N–H and O–H groups in total. The van der Waals surface area contributed by atoms with E-state index in [4.69, 9.17) is 5.73 Å². The molecular weight excluding hydrogens is 421 g/mol. The second kappa shape index (κ2) is 11.4. The van der Waals surface area contributed by atoms with Crippen LogP contribution in [0.3, 0.4) is 0 Å². The molecule has 0 atom stereocenters. The van der Waals surface area contributed by atoms with Crippen molar-refractivity contribution in [3.05, 3.63) is 64.0 Å². The van der Waals surface area contributed by atoms with Crippen molar-refractivity contribution in [2.45, 2.75) is 19.9 Å². The van der Waals surface area contributed by atoms with Crippen molar-refractivity contribution in [1.29, 1.82) is 0 Å². The van der Waals surface area contributed by atoms with Crippen LogP contribution in [0.15, 0.2) is 47.8 Å². The van der Waals surface area contributed by atoms with Crippen LogP contribution in [0.4, 0.5) is 0 Å². The Morgan fingerprint density at radius 1 is 1.15 bits per heavy atom. The minimum Gasteiger partial charge on any atom is -0.334 e. The molecule has 1 aromatic carbocycles. The monoisotopic (exact) mass is 443 g/mol. The fourth-order valence-corrected chi connectivity index (χ4v) is 4.41. The first-order valence-corrected chi connectivity index (χ1v) is 9.93. The number of benzene rings is 1. The van der Waals surface area contributed by atoms with E-state index in [1.54, 1.807) is 11.3 Å². The molecule has 27 heavy (non-hydrogen) atoms. The number of nitrogens with zero attached hydrogens (tertiary/aromatic N) is 2. The molecule has 0 spiro atoms. The van der Waals surface area contributed by atoms with E-state index < -0.39 is 0 Å². The van der Waals surface area contributed by atoms with E-state index in [0.29, 0.717) is 19.6 Å². The van der Waals surface area contributed by atoms with Crippen LogP contribution in [0, 0.1) is 6.92 Å². The number of hydrogen-bond donors (Lipinski definition) is 1. The molecule has 0 aliphatic rings. The van der Waals surface area contributed by atoms with Gasteiger partial charge in [-0.3, -0.25) is 4.79 Å². The maximum Gasteiger partial charge on any atom is 0.266 e. The molecule has 3 rings (SSSR count). The standard InChI is InChI=1S/C19H21N3OS2.2ClH/c1-14-17(25-18(21-14)16-9-5-12-24-16)19(23)22(11-6-10-20)13-15-7-3-2-4-8-15;;/h2-5,7-9,12H,6,10-11,13,20H2,1H3;2*1H. The molecule has 1 amide bonds. The Bertz CT molecular complexity index is 823. The third-order valence-electron chi connectivity index (χ3n) is 3.86. The number of carbonyl (C=O) groups is 1. The van der Waals surface area contributed by atoms with Gasteiger partial charge in [-0.1, -0.05) is 36.4 Å². The number of aromatic nitrogens is 1. The lowest BCUT2D eigenvalue weighted by molar-refractivity contribution is 0.0746. The Labute approximate surface area is 180 Å². The van der Waals surface area contributed by atoms with Crippen molar-refractivity contribution in [3.63, 3.8) is 0 Å². The Balaban J connectivity index is 0.00000182. The summed E-state index contributed by atoms with van der Waals surface area (Å²) in [6.07, 6.45) is 0.786. The number of halogens is 2. The molecule has 146 valence electrons. The van der Waals surface area contributed by atoms with Gasteiger partial charge in [0.25, 0.3) is 5.91 Å². The lowest BCUT2D eigenvalue weighted by Gasteiger charge is -2.22. The molecule has 0 aliphatic heterocycles. The van der Waals surface area contributed by atoms with Crippen LogP contribution in [0.2, 0.25) is 0 Å². The van der Waals surface area contributed by atoms with Crippen LogP contribution in [0.25, 0.3) is 9.88 Å². The van der Waals surface area contributed by atoms with Gasteiger partial charge in [-0.25, -0.2) is 4.98 Å². The van der Waals surface area contributed by atoms with Crippen molar-refractivity contribution < 1.29 is 4.79 Å². The Morgan fingerprint density at radius 2 is 1.89 bits per heavy atom. The van der Waals surface area contributed by atoms with Gasteiger partial charge in [-0.05, 0) is 36.9 Å². The number of thiazole rings is 1. The van der Waals surface area contributed by atoms with Crippen molar-refractivity contribution in [2.24, 2.45) is 5.73 Å². The van der Waals surface area contributed by atoms with Crippen molar-refractivity contribution in [2.75, 3.05) is 13.1 Å². The summed E-state index contributed by atoms with van der Waals surface area (Å²) in [5, 5.41) is 2.94. The van der Waals surface area contributed by atoms with E-state index in [1.807, 2.05) is 59.7 Å². The fourth-order valence-electron chi connectivity index (χ4n) is 2.58. The van der Waals surface area contributed by atoms with E-state index >= 15 is 0 Å². The van der Waals surface area contributed by atoms with Crippen molar-refractivity contribution in [3.8, 4) is 9.88 Å². The first-order chi connectivity index (χ1) is 12.2. The highest BCUT2D eigenvalue weighted by atomic mass is 35.5. The van der Waals surface area contributed by atoms with Gasteiger partial charge in [-0.2, -0.15) is 0 Å². The lowest BCUT2D eigenvalue weighted by atomic mass is 10.2. The maximum atomic E-state index is 13.1. The number of carbonyl (C=O) groups excluding carboxylic acids is 1. The van der Waals surface area contributed by atoms with Crippen molar-refractivity contribution in [1.82, 2.24) is 9.88 Å². The summed E-state index contributed by atoms with van der Waals surface area (Å²) in [6, 6.07) is 14.1. The average molecular weight is 444 g/mol. The second-order valence-corrected chi connectivity index (χ2v) is 7.71. The van der Waals surface area contributed by atoms with Gasteiger partial charge in [0, 0.05) is 13.1 Å². The molecular formula is C19H23Cl2N3OS2. The molecule has 0 aliphatic carbocycles. The molecule has 2 aromatic heterocycles. The molecule has 3 aromatic rings. The third-order valence-corrected chi connectivity index (χ3v) is 6.04. The van der Waals surface area contributed by atoms with E-state index in [-0.39, 0.29) is 30.7 Å². The average Bonchev–Trinajstić information content (AvgIpc) is 3.28. The van der Waals surface area contributed by atoms with E-state index in [2.05, 4.69) is 4.98 Å². The minimum absolute atomic E-state index is 0. The Morgan fingerprint density at radius 3 is 2.52 bits per heavy atom. The van der Waals surface area contributed by atoms with Gasteiger partial charge in [-0.15, -0.1) is 47.5 Å². The molecule has 0 fully saturated rings. The first kappa shape index (κ1) is 23.6. The van der Waals surface area contributed by atoms with Crippen molar-refractivity contribution >= 4 is 53.4 Å². The van der Waals surface area contributed by atoms with Gasteiger partial charge in [0.1, 0.15) is 9.88 Å². The zero-order valence-corrected chi connectivity index (χ0v) is 18.2. The van der Waals surface area contributed by atoms with Gasteiger partial charge in [0.05, 0.1) is 10.6 Å². The summed E-state index contributed by atoms with van der Waals surface area (Å²) >= 11 is 3.12. The van der Waals surface area contributed by atoms with Gasteiger partial charge < -0.3 is 10.6 Å². The molecule has 2 heterocycles. The SMILES string of the molecule is Cc1nc(-c2cccs2)sc1C(=O)N(CCCN)Cc1ccccc1.Cl.Cl. The van der Waals surface area contributed by atoms with Crippen LogP contribution in [-0.4, -0.2) is 28.9 Å². The quantitative estimate of drug-likeness (QED) is 0.557. The van der Waals surface area contributed by atoms with E-state index in [0.717, 1.165) is 32.4 Å².